The summed E-state index contributed by atoms with van der Waals surface area (Å²) >= 11 is 0. The maximum atomic E-state index is 10.3. The van der Waals surface area contributed by atoms with Gasteiger partial charge >= 0.3 is 0 Å². The van der Waals surface area contributed by atoms with Gasteiger partial charge in [0.2, 0.25) is 0 Å². The SMILES string of the molecule is C[Si](C)(C)C(N)=O. The molecular weight excluding hydrogens is 106 g/mol. The highest BCUT2D eigenvalue weighted by Crippen LogP contribution is 1.97. The summed E-state index contributed by atoms with van der Waals surface area (Å²) in [5, 5.41) is 0. The zero-order chi connectivity index (χ0) is 6.08. The van der Waals surface area contributed by atoms with Crippen LogP contribution in [0.4, 0.5) is 4.79 Å². The largest absolute Gasteiger partial charge is 0.374 e. The van der Waals surface area contributed by atoms with Gasteiger partial charge in [0.1, 0.15) is 0 Å². The summed E-state index contributed by atoms with van der Waals surface area (Å²) in [7, 11) is -1.60. The molecule has 0 aliphatic rings. The van der Waals surface area contributed by atoms with Gasteiger partial charge in [-0.15, -0.1) is 0 Å². The van der Waals surface area contributed by atoms with Crippen LogP contribution in [0.25, 0.3) is 0 Å². The fraction of sp³-hybridized carbons (Fsp3) is 0.750. The van der Waals surface area contributed by atoms with Gasteiger partial charge in [-0.2, -0.15) is 0 Å². The van der Waals surface area contributed by atoms with Crippen molar-refractivity contribution in [3.8, 4) is 0 Å². The molecule has 0 saturated carbocycles. The lowest BCUT2D eigenvalue weighted by Crippen LogP contribution is -2.38. The molecule has 0 aliphatic heterocycles. The van der Waals surface area contributed by atoms with Crippen molar-refractivity contribution in [2.24, 2.45) is 5.73 Å². The Bertz CT molecular complexity index is 84.2. The molecule has 0 rings (SSSR count). The predicted molar refractivity (Wildman–Crippen MR) is 32.9 cm³/mol. The van der Waals surface area contributed by atoms with Crippen LogP contribution in [0.2, 0.25) is 19.6 Å². The topological polar surface area (TPSA) is 43.1 Å². The molecule has 1 amide bonds. The van der Waals surface area contributed by atoms with E-state index in [0.29, 0.717) is 0 Å². The van der Waals surface area contributed by atoms with E-state index >= 15 is 0 Å². The molecule has 7 heavy (non-hydrogen) atoms. The minimum absolute atomic E-state index is 0.118. The molecule has 2 nitrogen and oxygen atoms in total. The molecule has 0 aromatic carbocycles. The zero-order valence-electron chi connectivity index (χ0n) is 4.99. The van der Waals surface area contributed by atoms with Crippen LogP contribution in [-0.4, -0.2) is 13.6 Å². The first-order valence-electron chi connectivity index (χ1n) is 2.24. The summed E-state index contributed by atoms with van der Waals surface area (Å²) in [5.41, 5.74) is 4.87. The van der Waals surface area contributed by atoms with Gasteiger partial charge < -0.3 is 5.73 Å². The van der Waals surface area contributed by atoms with E-state index in [1.165, 1.54) is 0 Å². The van der Waals surface area contributed by atoms with Crippen LogP contribution in [0.1, 0.15) is 0 Å². The van der Waals surface area contributed by atoms with Gasteiger partial charge in [-0.1, -0.05) is 19.6 Å². The van der Waals surface area contributed by atoms with Crippen LogP contribution < -0.4 is 5.73 Å². The van der Waals surface area contributed by atoms with E-state index in [2.05, 4.69) is 0 Å². The Hall–Kier alpha value is -0.313. The summed E-state index contributed by atoms with van der Waals surface area (Å²) in [6.45, 7) is 5.78. The molecule has 0 atom stereocenters. The Labute approximate surface area is 44.7 Å². The minimum atomic E-state index is -1.60. The predicted octanol–water partition coefficient (Wildman–Crippen LogP) is 0.985. The van der Waals surface area contributed by atoms with Crippen LogP contribution in [0, 0.1) is 0 Å². The Morgan fingerprint density at radius 2 is 1.57 bits per heavy atom. The van der Waals surface area contributed by atoms with Gasteiger partial charge in [-0.05, 0) is 0 Å². The number of hydrogen-bond donors (Lipinski definition) is 1. The highest BCUT2D eigenvalue weighted by Gasteiger charge is 2.19. The highest BCUT2D eigenvalue weighted by atomic mass is 28.3. The van der Waals surface area contributed by atoms with Crippen LogP contribution in [0.5, 0.6) is 0 Å². The van der Waals surface area contributed by atoms with Crippen molar-refractivity contribution in [3.63, 3.8) is 0 Å². The van der Waals surface area contributed by atoms with Crippen LogP contribution in [0.3, 0.4) is 0 Å². The van der Waals surface area contributed by atoms with Crippen molar-refractivity contribution < 1.29 is 4.79 Å². The maximum absolute atomic E-state index is 10.3. The Morgan fingerprint density at radius 3 is 1.57 bits per heavy atom. The first-order chi connectivity index (χ1) is 2.94. The summed E-state index contributed by atoms with van der Waals surface area (Å²) in [6.07, 6.45) is 0. The van der Waals surface area contributed by atoms with Crippen molar-refractivity contribution in [3.05, 3.63) is 0 Å². The first kappa shape index (κ1) is 6.69. The summed E-state index contributed by atoms with van der Waals surface area (Å²) in [4.78, 5) is 10.3. The molecule has 42 valence electrons. The molecule has 0 aromatic rings. The molecule has 0 radical (unpaired) electrons. The third-order valence-electron chi connectivity index (χ3n) is 0.739. The lowest BCUT2D eigenvalue weighted by atomic mass is 11.4. The molecule has 2 N–H and O–H groups in total. The fourth-order valence-corrected chi connectivity index (χ4v) is 0. The number of hydrogen-bond acceptors (Lipinski definition) is 1. The van der Waals surface area contributed by atoms with E-state index in [1.54, 1.807) is 0 Å². The number of rotatable bonds is 1. The van der Waals surface area contributed by atoms with E-state index in [1.807, 2.05) is 19.6 Å². The smallest absolute Gasteiger partial charge is 0.189 e. The quantitative estimate of drug-likeness (QED) is 0.511. The second-order valence-electron chi connectivity index (χ2n) is 2.61. The number of carbonyl (C=O) groups excluding carboxylic acids is 1. The van der Waals surface area contributed by atoms with Gasteiger partial charge in [-0.25, -0.2) is 0 Å². The van der Waals surface area contributed by atoms with Crippen molar-refractivity contribution in [1.82, 2.24) is 0 Å². The van der Waals surface area contributed by atoms with E-state index in [9.17, 15) is 4.79 Å². The van der Waals surface area contributed by atoms with Gasteiger partial charge in [0.25, 0.3) is 0 Å². The minimum Gasteiger partial charge on any atom is -0.374 e. The Morgan fingerprint density at radius 1 is 1.43 bits per heavy atom. The maximum Gasteiger partial charge on any atom is 0.189 e. The second kappa shape index (κ2) is 1.66. The lowest BCUT2D eigenvalue weighted by molar-refractivity contribution is 0.264. The van der Waals surface area contributed by atoms with Crippen LogP contribution in [-0.2, 0) is 0 Å². The molecule has 0 spiro atoms. The average Bonchev–Trinajstić information content (AvgIpc) is 1.31. The highest BCUT2D eigenvalue weighted by molar-refractivity contribution is 7.03. The molecule has 0 saturated heterocycles. The van der Waals surface area contributed by atoms with Crippen molar-refractivity contribution in [2.45, 2.75) is 19.6 Å². The summed E-state index contributed by atoms with van der Waals surface area (Å²) < 4.78 is 0. The molecule has 0 aromatic heterocycles. The number of primary amides is 1. The number of carbonyl (C=O) groups is 1. The van der Waals surface area contributed by atoms with Crippen LogP contribution in [0.15, 0.2) is 0 Å². The van der Waals surface area contributed by atoms with Crippen molar-refractivity contribution >= 4 is 13.6 Å². The average molecular weight is 117 g/mol. The monoisotopic (exact) mass is 117 g/mol. The van der Waals surface area contributed by atoms with Crippen molar-refractivity contribution in [2.75, 3.05) is 0 Å². The molecule has 0 bridgehead atoms. The van der Waals surface area contributed by atoms with Gasteiger partial charge in [0.05, 0.1) is 0 Å². The lowest BCUT2D eigenvalue weighted by Gasteiger charge is -2.07. The standard InChI is InChI=1S/C4H11NOSi/c1-7(2,3)4(5)6/h1-3H3,(H2,5,6). The van der Waals surface area contributed by atoms with Crippen LogP contribution >= 0.6 is 0 Å². The van der Waals surface area contributed by atoms with Gasteiger partial charge in [0.15, 0.2) is 13.6 Å². The van der Waals surface area contributed by atoms with Crippen molar-refractivity contribution in [1.29, 1.82) is 0 Å². The Balaban J connectivity index is 3.79. The van der Waals surface area contributed by atoms with Gasteiger partial charge in [0, 0.05) is 0 Å². The number of nitrogens with two attached hydrogens (primary N) is 1. The molecule has 0 heterocycles. The van der Waals surface area contributed by atoms with E-state index in [0.717, 1.165) is 0 Å². The third kappa shape index (κ3) is 2.39. The molecular formula is C4H11NOSi. The zero-order valence-corrected chi connectivity index (χ0v) is 5.99. The molecule has 0 unspecified atom stereocenters. The molecule has 3 heteroatoms. The van der Waals surface area contributed by atoms with Gasteiger partial charge in [-0.3, -0.25) is 4.79 Å². The van der Waals surface area contributed by atoms with E-state index in [4.69, 9.17) is 5.73 Å². The molecule has 0 aliphatic carbocycles. The summed E-state index contributed by atoms with van der Waals surface area (Å²) in [6, 6.07) is 0. The number of amides is 1. The van der Waals surface area contributed by atoms with E-state index in [-0.39, 0.29) is 5.53 Å². The molecule has 0 fully saturated rings. The third-order valence-corrected chi connectivity index (χ3v) is 2.22. The normalized spacial score (nSPS) is 11.3. The second-order valence-corrected chi connectivity index (χ2v) is 7.61. The Kier molecular flexibility index (Phi) is 1.58. The summed E-state index contributed by atoms with van der Waals surface area (Å²) in [5.74, 6) is 0. The first-order valence-corrected chi connectivity index (χ1v) is 5.74. The van der Waals surface area contributed by atoms with E-state index < -0.39 is 8.07 Å². The fourth-order valence-electron chi connectivity index (χ4n) is 0.